The number of tetrazole rings is 1. The molecular formula is C16H19N5O4. The molecule has 0 unspecified atom stereocenters. The quantitative estimate of drug-likeness (QED) is 0.831. The van der Waals surface area contributed by atoms with Crippen LogP contribution < -0.4 is 10.1 Å². The molecule has 132 valence electrons. The number of amides is 1. The number of nitrogens with one attached hydrogen (secondary N) is 1. The third-order valence-corrected chi connectivity index (χ3v) is 4.45. The van der Waals surface area contributed by atoms with Crippen LogP contribution in [0.25, 0.3) is 5.69 Å². The number of benzene rings is 1. The highest BCUT2D eigenvalue weighted by atomic mass is 16.5. The molecule has 0 atom stereocenters. The Kier molecular flexibility index (Phi) is 4.92. The average molecular weight is 345 g/mol. The molecule has 1 fully saturated rings. The van der Waals surface area contributed by atoms with Crippen molar-refractivity contribution in [1.82, 2.24) is 25.5 Å². The number of rotatable bonds is 5. The zero-order chi connectivity index (χ0) is 17.8. The lowest BCUT2D eigenvalue weighted by Crippen LogP contribution is -2.38. The van der Waals surface area contributed by atoms with E-state index in [1.165, 1.54) is 18.1 Å². The van der Waals surface area contributed by atoms with Crippen LogP contribution in [0.1, 0.15) is 36.0 Å². The number of nitrogens with zero attached hydrogens (tertiary/aromatic N) is 4. The van der Waals surface area contributed by atoms with Crippen molar-refractivity contribution in [2.45, 2.75) is 31.7 Å². The topological polar surface area (TPSA) is 119 Å². The first-order valence-electron chi connectivity index (χ1n) is 8.03. The maximum Gasteiger partial charge on any atom is 0.306 e. The lowest BCUT2D eigenvalue weighted by Gasteiger charge is -2.26. The van der Waals surface area contributed by atoms with E-state index in [1.54, 1.807) is 18.2 Å². The number of hydrogen-bond acceptors (Lipinski definition) is 6. The van der Waals surface area contributed by atoms with Crippen LogP contribution in [0.2, 0.25) is 0 Å². The van der Waals surface area contributed by atoms with E-state index in [-0.39, 0.29) is 17.9 Å². The Labute approximate surface area is 144 Å². The van der Waals surface area contributed by atoms with E-state index in [1.807, 2.05) is 0 Å². The van der Waals surface area contributed by atoms with Gasteiger partial charge in [0.1, 0.15) is 17.8 Å². The molecule has 1 aromatic heterocycles. The molecule has 9 nitrogen and oxygen atoms in total. The number of ether oxygens (including phenoxy) is 1. The van der Waals surface area contributed by atoms with Crippen LogP contribution in [-0.2, 0) is 4.79 Å². The number of aromatic nitrogens is 4. The van der Waals surface area contributed by atoms with Crippen molar-refractivity contribution in [3.05, 3.63) is 30.1 Å². The van der Waals surface area contributed by atoms with Gasteiger partial charge in [0.25, 0.3) is 5.91 Å². The molecule has 25 heavy (non-hydrogen) atoms. The summed E-state index contributed by atoms with van der Waals surface area (Å²) in [6, 6.07) is 5.01. The highest BCUT2D eigenvalue weighted by molar-refractivity contribution is 5.95. The molecule has 0 spiro atoms. The largest absolute Gasteiger partial charge is 0.494 e. The number of hydrogen-bond donors (Lipinski definition) is 2. The molecular weight excluding hydrogens is 326 g/mol. The number of aliphatic carboxylic acids is 1. The van der Waals surface area contributed by atoms with E-state index in [4.69, 9.17) is 9.84 Å². The first-order chi connectivity index (χ1) is 12.1. The molecule has 0 aliphatic heterocycles. The van der Waals surface area contributed by atoms with E-state index in [9.17, 15) is 9.59 Å². The van der Waals surface area contributed by atoms with E-state index in [2.05, 4.69) is 20.8 Å². The van der Waals surface area contributed by atoms with Gasteiger partial charge in [0.2, 0.25) is 0 Å². The molecule has 0 saturated heterocycles. The summed E-state index contributed by atoms with van der Waals surface area (Å²) >= 11 is 0. The van der Waals surface area contributed by atoms with Gasteiger partial charge in [-0.3, -0.25) is 9.59 Å². The SMILES string of the molecule is COc1ccc(C(=O)NC2CCC(C(=O)O)CC2)cc1-n1cnnn1. The van der Waals surface area contributed by atoms with Crippen molar-refractivity contribution in [3.63, 3.8) is 0 Å². The van der Waals surface area contributed by atoms with Crippen LogP contribution in [0.5, 0.6) is 5.75 Å². The molecule has 2 N–H and O–H groups in total. The van der Waals surface area contributed by atoms with Gasteiger partial charge in [-0.25, -0.2) is 0 Å². The standard InChI is InChI=1S/C16H19N5O4/c1-25-14-7-4-11(8-13(14)21-9-17-19-20-21)15(22)18-12-5-2-10(3-6-12)16(23)24/h4,7-10,12H,2-3,5-6H2,1H3,(H,18,22)(H,23,24). The minimum absolute atomic E-state index is 0.0123. The summed E-state index contributed by atoms with van der Waals surface area (Å²) in [4.78, 5) is 23.5. The van der Waals surface area contributed by atoms with Crippen LogP contribution in [-0.4, -0.2) is 50.3 Å². The molecule has 1 aromatic carbocycles. The van der Waals surface area contributed by atoms with E-state index in [0.717, 1.165) is 0 Å². The zero-order valence-corrected chi connectivity index (χ0v) is 13.8. The first kappa shape index (κ1) is 16.9. The zero-order valence-electron chi connectivity index (χ0n) is 13.8. The fraction of sp³-hybridized carbons (Fsp3) is 0.438. The predicted octanol–water partition coefficient (Wildman–Crippen LogP) is 1.04. The van der Waals surface area contributed by atoms with Crippen LogP contribution in [0, 0.1) is 5.92 Å². The van der Waals surface area contributed by atoms with E-state index in [0.29, 0.717) is 42.7 Å². The highest BCUT2D eigenvalue weighted by Crippen LogP contribution is 2.26. The van der Waals surface area contributed by atoms with Crippen molar-refractivity contribution in [2.75, 3.05) is 7.11 Å². The molecule has 1 aliphatic rings. The van der Waals surface area contributed by atoms with Crippen LogP contribution in [0.3, 0.4) is 0 Å². The molecule has 0 bridgehead atoms. The molecule has 2 aromatic rings. The van der Waals surface area contributed by atoms with Gasteiger partial charge in [0, 0.05) is 11.6 Å². The van der Waals surface area contributed by atoms with Gasteiger partial charge in [-0.2, -0.15) is 4.68 Å². The second-order valence-electron chi connectivity index (χ2n) is 6.00. The van der Waals surface area contributed by atoms with Crippen LogP contribution in [0.15, 0.2) is 24.5 Å². The Balaban J connectivity index is 1.71. The van der Waals surface area contributed by atoms with E-state index >= 15 is 0 Å². The number of carbonyl (C=O) groups excluding carboxylic acids is 1. The van der Waals surface area contributed by atoms with Gasteiger partial charge in [-0.05, 0) is 54.3 Å². The Morgan fingerprint density at radius 3 is 2.64 bits per heavy atom. The summed E-state index contributed by atoms with van der Waals surface area (Å²) in [5.41, 5.74) is 1.03. The fourth-order valence-corrected chi connectivity index (χ4v) is 3.04. The lowest BCUT2D eigenvalue weighted by atomic mass is 9.86. The first-order valence-corrected chi connectivity index (χ1v) is 8.03. The monoisotopic (exact) mass is 345 g/mol. The molecule has 1 heterocycles. The van der Waals surface area contributed by atoms with Gasteiger partial charge in [0.05, 0.1) is 13.0 Å². The number of carboxylic acids is 1. The molecule has 3 rings (SSSR count). The molecule has 1 amide bonds. The average Bonchev–Trinajstić information content (AvgIpc) is 3.16. The number of carbonyl (C=O) groups is 2. The van der Waals surface area contributed by atoms with E-state index < -0.39 is 5.97 Å². The number of methoxy groups -OCH3 is 1. The Hall–Kier alpha value is -2.97. The van der Waals surface area contributed by atoms with Gasteiger partial charge < -0.3 is 15.2 Å². The maximum atomic E-state index is 12.5. The number of carboxylic acid groups (broad SMARTS) is 1. The highest BCUT2D eigenvalue weighted by Gasteiger charge is 2.27. The third-order valence-electron chi connectivity index (χ3n) is 4.45. The molecule has 0 radical (unpaired) electrons. The van der Waals surface area contributed by atoms with Gasteiger partial charge >= 0.3 is 5.97 Å². The summed E-state index contributed by atoms with van der Waals surface area (Å²) in [5.74, 6) is -0.729. The smallest absolute Gasteiger partial charge is 0.306 e. The third kappa shape index (κ3) is 3.76. The lowest BCUT2D eigenvalue weighted by molar-refractivity contribution is -0.142. The second kappa shape index (κ2) is 7.29. The summed E-state index contributed by atoms with van der Waals surface area (Å²) in [6.07, 6.45) is 3.92. The van der Waals surface area contributed by atoms with Crippen molar-refractivity contribution in [1.29, 1.82) is 0 Å². The van der Waals surface area contributed by atoms with Crippen LogP contribution >= 0.6 is 0 Å². The summed E-state index contributed by atoms with van der Waals surface area (Å²) in [5, 5.41) is 23.0. The minimum Gasteiger partial charge on any atom is -0.494 e. The fourth-order valence-electron chi connectivity index (χ4n) is 3.04. The minimum atomic E-state index is -0.758. The van der Waals surface area contributed by atoms with Crippen molar-refractivity contribution < 1.29 is 19.4 Å². The van der Waals surface area contributed by atoms with Crippen molar-refractivity contribution >= 4 is 11.9 Å². The summed E-state index contributed by atoms with van der Waals surface area (Å²) in [7, 11) is 1.53. The summed E-state index contributed by atoms with van der Waals surface area (Å²) in [6.45, 7) is 0. The second-order valence-corrected chi connectivity index (χ2v) is 6.00. The molecule has 1 saturated carbocycles. The predicted molar refractivity (Wildman–Crippen MR) is 86.6 cm³/mol. The molecule has 9 heteroatoms. The Morgan fingerprint density at radius 1 is 1.28 bits per heavy atom. The summed E-state index contributed by atoms with van der Waals surface area (Å²) < 4.78 is 6.71. The maximum absolute atomic E-state index is 12.5. The van der Waals surface area contributed by atoms with Gasteiger partial charge in [-0.1, -0.05) is 0 Å². The van der Waals surface area contributed by atoms with Crippen molar-refractivity contribution in [2.24, 2.45) is 5.92 Å². The van der Waals surface area contributed by atoms with Gasteiger partial charge in [0.15, 0.2) is 0 Å². The Bertz CT molecular complexity index is 754. The van der Waals surface area contributed by atoms with Crippen LogP contribution in [0.4, 0.5) is 0 Å². The normalized spacial score (nSPS) is 20.0. The van der Waals surface area contributed by atoms with Crippen molar-refractivity contribution in [3.8, 4) is 11.4 Å². The Morgan fingerprint density at radius 2 is 2.04 bits per heavy atom. The van der Waals surface area contributed by atoms with Gasteiger partial charge in [-0.15, -0.1) is 5.10 Å². The molecule has 1 aliphatic carbocycles.